The average molecular weight is 1610 g/mol. The van der Waals surface area contributed by atoms with Crippen molar-refractivity contribution in [3.63, 3.8) is 0 Å². The molecule has 0 radical (unpaired) electrons. The number of rotatable bonds is 15. The fraction of sp³-hybridized carbons (Fsp3) is 0.0753. The van der Waals surface area contributed by atoms with Gasteiger partial charge >= 0.3 is 0 Å². The summed E-state index contributed by atoms with van der Waals surface area (Å²) in [6, 6.07) is 72.9. The molecule has 26 nitrogen and oxygen atoms in total. The quantitative estimate of drug-likeness (QED) is 0.0460. The predicted molar refractivity (Wildman–Crippen MR) is 467 cm³/mol. The molecule has 9 N–H and O–H groups in total. The maximum atomic E-state index is 14.5. The smallest absolute Gasteiger partial charge is 0.287 e. The molecule has 0 fully saturated rings. The van der Waals surface area contributed by atoms with Crippen LogP contribution in [0.2, 0.25) is 0 Å². The van der Waals surface area contributed by atoms with Crippen LogP contribution >= 0.6 is 0 Å². The zero-order valence-corrected chi connectivity index (χ0v) is 65.3. The second kappa shape index (κ2) is 33.4. The number of halogens is 3. The van der Waals surface area contributed by atoms with E-state index in [0.29, 0.717) is 47.2 Å². The van der Waals surface area contributed by atoms with Crippen molar-refractivity contribution in [2.24, 2.45) is 7.05 Å². The lowest BCUT2D eigenvalue weighted by molar-refractivity contribution is 0.0145. The first-order chi connectivity index (χ1) is 59.7. The van der Waals surface area contributed by atoms with Gasteiger partial charge in [-0.2, -0.15) is 44.6 Å². The highest BCUT2D eigenvalue weighted by Crippen LogP contribution is 2.39. The van der Waals surface area contributed by atoms with Gasteiger partial charge in [0.05, 0.1) is 69.9 Å². The van der Waals surface area contributed by atoms with Crippen molar-refractivity contribution >= 4 is 144 Å². The molecule has 14 heterocycles. The number of nitrogens with one attached hydrogen (secondary N) is 8. The Kier molecular flexibility index (Phi) is 21.0. The molecular weight excluding hydrogens is 1540 g/mol. The van der Waals surface area contributed by atoms with Crippen LogP contribution in [0.25, 0.3) is 132 Å². The number of aryl methyl sites for hydroxylation is 1. The Hall–Kier alpha value is -16.8. The van der Waals surface area contributed by atoms with Gasteiger partial charge in [-0.25, -0.2) is 9.37 Å². The topological polar surface area (TPSA) is 354 Å². The minimum Gasteiger partial charge on any atom is -0.506 e. The van der Waals surface area contributed by atoms with Crippen molar-refractivity contribution in [3.05, 3.63) is 320 Å². The second-order valence-corrected chi connectivity index (χ2v) is 28.4. The highest BCUT2D eigenvalue weighted by atomic mass is 19.3. The van der Waals surface area contributed by atoms with Crippen molar-refractivity contribution in [2.75, 3.05) is 22.6 Å². The van der Waals surface area contributed by atoms with Gasteiger partial charge in [0.1, 0.15) is 67.7 Å². The van der Waals surface area contributed by atoms with Gasteiger partial charge < -0.3 is 30.2 Å². The number of nitriles is 1. The van der Waals surface area contributed by atoms with Crippen LogP contribution in [0, 0.1) is 17.1 Å². The van der Waals surface area contributed by atoms with Crippen LogP contribution < -0.4 is 20.7 Å². The van der Waals surface area contributed by atoms with Crippen LogP contribution in [0.1, 0.15) is 47.6 Å². The number of H-pyrrole nitrogens is 5. The first kappa shape index (κ1) is 76.5. The number of ether oxygens (including phenoxy) is 1. The van der Waals surface area contributed by atoms with Crippen LogP contribution in [-0.2, 0) is 25.8 Å². The first-order valence-electron chi connectivity index (χ1n) is 38.7. The highest BCUT2D eigenvalue weighted by molar-refractivity contribution is 6.00. The molecule has 22 aromatic rings. The maximum Gasteiger partial charge on any atom is 0.287 e. The Morgan fingerprint density at radius 3 is 1.72 bits per heavy atom. The molecule has 0 aliphatic heterocycles. The summed E-state index contributed by atoms with van der Waals surface area (Å²) in [4.78, 5) is 29.9. The lowest BCUT2D eigenvalue weighted by Crippen LogP contribution is -2.10. The van der Waals surface area contributed by atoms with Gasteiger partial charge in [-0.3, -0.25) is 60.1 Å². The van der Waals surface area contributed by atoms with E-state index in [2.05, 4.69) is 143 Å². The molecule has 0 aliphatic rings. The lowest BCUT2D eigenvalue weighted by Gasteiger charge is -2.14. The summed E-state index contributed by atoms with van der Waals surface area (Å²) in [6.07, 6.45) is 16.0. The zero-order valence-electron chi connectivity index (χ0n) is 65.3. The van der Waals surface area contributed by atoms with E-state index >= 15 is 0 Å². The van der Waals surface area contributed by atoms with Crippen molar-refractivity contribution in [1.29, 1.82) is 5.26 Å². The fourth-order valence-corrected chi connectivity index (χ4v) is 14.7. The van der Waals surface area contributed by atoms with Crippen molar-refractivity contribution < 1.29 is 27.4 Å². The van der Waals surface area contributed by atoms with E-state index in [9.17, 15) is 18.3 Å². The van der Waals surface area contributed by atoms with Gasteiger partial charge in [-0.1, -0.05) is 60.7 Å². The Balaban J connectivity index is 0.000000104. The minimum atomic E-state index is -3.09. The Morgan fingerprint density at radius 1 is 0.492 bits per heavy atom. The third kappa shape index (κ3) is 15.9. The molecule has 8 aromatic carbocycles. The molecule has 14 aromatic heterocycles. The van der Waals surface area contributed by atoms with Crippen LogP contribution in [0.4, 0.5) is 47.7 Å². The summed E-state index contributed by atoms with van der Waals surface area (Å²) in [7, 11) is 1.92. The summed E-state index contributed by atoms with van der Waals surface area (Å²) in [6.45, 7) is 3.44. The van der Waals surface area contributed by atoms with Crippen molar-refractivity contribution in [1.82, 2.24) is 95.7 Å². The third-order valence-electron chi connectivity index (χ3n) is 20.4. The van der Waals surface area contributed by atoms with E-state index in [1.165, 1.54) is 6.07 Å². The summed E-state index contributed by atoms with van der Waals surface area (Å²) in [5, 5.41) is 78.9. The van der Waals surface area contributed by atoms with Gasteiger partial charge in [0.2, 0.25) is 0 Å². The number of furan rings is 1. The van der Waals surface area contributed by atoms with E-state index in [1.54, 1.807) is 73.8 Å². The van der Waals surface area contributed by atoms with Crippen LogP contribution in [0.3, 0.4) is 0 Å². The molecular formula is C93H70F3N23O3. The first-order valence-corrected chi connectivity index (χ1v) is 38.7. The van der Waals surface area contributed by atoms with E-state index < -0.39 is 5.92 Å². The second-order valence-electron chi connectivity index (χ2n) is 28.4. The van der Waals surface area contributed by atoms with Crippen molar-refractivity contribution in [2.45, 2.75) is 32.6 Å². The Morgan fingerprint density at radius 2 is 1.08 bits per heavy atom. The molecule has 29 heteroatoms. The number of fused-ring (bicyclic) bond motifs is 10. The number of nitrogens with zero attached hydrogens (tertiary/aromatic N) is 15. The summed E-state index contributed by atoms with van der Waals surface area (Å²) in [5.41, 5.74) is 16.9. The van der Waals surface area contributed by atoms with Crippen LogP contribution in [0.15, 0.2) is 285 Å². The number of aromatic hydroxyl groups is 1. The molecule has 0 saturated heterocycles. The number of anilines is 6. The number of benzene rings is 8. The molecule has 0 spiro atoms. The van der Waals surface area contributed by atoms with Crippen LogP contribution in [-0.4, -0.2) is 107 Å². The van der Waals surface area contributed by atoms with Gasteiger partial charge in [0.25, 0.3) is 5.92 Å². The molecule has 0 amide bonds. The number of hydrogen-bond donors (Lipinski definition) is 9. The van der Waals surface area contributed by atoms with Gasteiger partial charge in [0, 0.05) is 120 Å². The molecule has 0 aliphatic carbocycles. The summed E-state index contributed by atoms with van der Waals surface area (Å²) >= 11 is 0. The Bertz CT molecular complexity index is 7630. The van der Waals surface area contributed by atoms with E-state index in [4.69, 9.17) is 14.4 Å². The molecule has 0 bridgehead atoms. The molecule has 22 rings (SSSR count). The zero-order chi connectivity index (χ0) is 83.2. The van der Waals surface area contributed by atoms with Crippen LogP contribution in [0.5, 0.6) is 11.5 Å². The summed E-state index contributed by atoms with van der Waals surface area (Å²) < 4.78 is 54.9. The molecule has 0 unspecified atom stereocenters. The average Bonchev–Trinajstić information content (AvgIpc) is 1.59. The fourth-order valence-electron chi connectivity index (χ4n) is 14.7. The third-order valence-corrected chi connectivity index (χ3v) is 20.4. The van der Waals surface area contributed by atoms with E-state index in [0.717, 1.165) is 180 Å². The van der Waals surface area contributed by atoms with E-state index in [-0.39, 0.29) is 22.6 Å². The van der Waals surface area contributed by atoms with Crippen molar-refractivity contribution in [3.8, 4) is 40.3 Å². The number of hydrogen-bond acceptors (Lipinski definition) is 20. The van der Waals surface area contributed by atoms with Gasteiger partial charge in [-0.15, -0.1) is 0 Å². The molecule has 0 saturated carbocycles. The number of pyridine rings is 7. The van der Waals surface area contributed by atoms with Gasteiger partial charge in [-0.05, 0) is 209 Å². The number of alkyl halides is 2. The largest absolute Gasteiger partial charge is 0.506 e. The van der Waals surface area contributed by atoms with E-state index in [1.807, 2.05) is 183 Å². The SMILES string of the molecule is CC(F)(F)c1ncc(O)c2cc(Cc3[nH]nc4cccnc34)ccc12.CCOc1cccc2cc(Nc3n[nH]c4cccnc34)ccc12.Cn1nccc1-c1nccc2cc(Nc3[nH]nc4ncccc34)ccc12.Fc1ccc(-c2ccco2)c2ccc(Cc3[nH]nc4cccnc34)cc12.N#Cc1cccc2cc(Nc3n[nH]c4cccnc34)ccc12. The minimum absolute atomic E-state index is 0.127. The predicted octanol–water partition coefficient (Wildman–Crippen LogP) is 20.6. The maximum absolute atomic E-state index is 14.5. The molecule has 122 heavy (non-hydrogen) atoms. The molecule has 0 atom stereocenters. The summed E-state index contributed by atoms with van der Waals surface area (Å²) in [5.74, 6) is 0.412. The standard InChI is InChI=1S/C21H14FN3O.C19H15N7.C18H14F2N4O.C18H16N4O.C17H11N5/c22-17-8-7-15(20-4-2-10-26-20)14-6-5-13(11-16(14)17)12-19-21-18(24-25-19)3-1-9-23-21;1-26-16(7-10-22-26)17-14-5-4-13(11-12(14)6-9-20-17)23-19-15-3-2-8-21-18(15)24-25-19;1-18(19,20)17-11-5-4-10(7-12(11)15(25)9-22-17)8-14-16-13(23-24-14)3-2-6-21-16;1-2-23-16-7-3-5-12-11-13(8-9-14(12)16)20-18-17-15(21-22-18)6-4-10-19-17;18-10-12-4-1-3-11-9-13(6-7-14(11)12)20-17-16-15(21-22-17)5-2-8-19-16/h1-11H,12H2,(H,24,25);2-11H,1H3,(H2,21,23,24,25);2-7,9,25H,8H2,1H3,(H,23,24);3-11H,2H2,1H3,(H2,20,21,22);1-9H,(H2,20,21,22). The Labute approximate surface area is 690 Å². The molecule has 596 valence electrons. The number of aromatic amines is 5. The normalized spacial score (nSPS) is 11.3. The lowest BCUT2D eigenvalue weighted by atomic mass is 9.98. The van der Waals surface area contributed by atoms with Gasteiger partial charge in [0.15, 0.2) is 17.3 Å². The number of aromatic nitrogens is 19. The highest BCUT2D eigenvalue weighted by Gasteiger charge is 2.30. The monoisotopic (exact) mass is 1610 g/mol.